The second-order valence-electron chi connectivity index (χ2n) is 5.04. The van der Waals surface area contributed by atoms with Crippen LogP contribution < -0.4 is 16.0 Å². The van der Waals surface area contributed by atoms with Gasteiger partial charge in [-0.1, -0.05) is 0 Å². The lowest BCUT2D eigenvalue weighted by Gasteiger charge is -2.28. The molecule has 0 aliphatic carbocycles. The third-order valence-electron chi connectivity index (χ3n) is 3.65. The normalized spacial score (nSPS) is 16.8. The molecule has 2 rings (SSSR count). The molecule has 0 radical (unpaired) electrons. The number of nitrogens with two attached hydrogens (primary N) is 1. The molecule has 5 nitrogen and oxygen atoms in total. The summed E-state index contributed by atoms with van der Waals surface area (Å²) in [6.07, 6.45) is 3.23. The number of nitrogens with zero attached hydrogens (tertiary/aromatic N) is 1. The van der Waals surface area contributed by atoms with Gasteiger partial charge in [0, 0.05) is 38.1 Å². The average Bonchev–Trinajstić information content (AvgIpc) is 2.50. The summed E-state index contributed by atoms with van der Waals surface area (Å²) in [6, 6.07) is 7.94. The largest absolute Gasteiger partial charge is 0.372 e. The van der Waals surface area contributed by atoms with Gasteiger partial charge in [0.05, 0.1) is 0 Å². The Balaban J connectivity index is 1.95. The van der Waals surface area contributed by atoms with Gasteiger partial charge in [0.1, 0.15) is 6.10 Å². The summed E-state index contributed by atoms with van der Waals surface area (Å²) >= 11 is 0. The molecule has 1 aromatic rings. The van der Waals surface area contributed by atoms with Gasteiger partial charge in [-0.25, -0.2) is 0 Å². The van der Waals surface area contributed by atoms with Crippen molar-refractivity contribution in [2.24, 2.45) is 5.73 Å². The molecule has 1 saturated heterocycles. The van der Waals surface area contributed by atoms with Crippen molar-refractivity contribution in [3.05, 3.63) is 24.3 Å². The molecule has 110 valence electrons. The molecule has 1 unspecified atom stereocenters. The number of carbonyl (C=O) groups is 1. The van der Waals surface area contributed by atoms with Crippen molar-refractivity contribution in [3.63, 3.8) is 0 Å². The summed E-state index contributed by atoms with van der Waals surface area (Å²) in [5.74, 6) is -0.208. The number of hydrogen-bond acceptors (Lipinski definition) is 4. The van der Waals surface area contributed by atoms with Crippen LogP contribution in [0.15, 0.2) is 24.3 Å². The van der Waals surface area contributed by atoms with Crippen molar-refractivity contribution in [2.75, 3.05) is 37.0 Å². The quantitative estimate of drug-likeness (QED) is 0.857. The molecule has 1 heterocycles. The summed E-state index contributed by atoms with van der Waals surface area (Å²) < 4.78 is 5.01. The third kappa shape index (κ3) is 3.71. The molecular weight excluding hydrogens is 254 g/mol. The number of carbonyl (C=O) groups excluding carboxylic acids is 1. The minimum atomic E-state index is -0.600. The zero-order chi connectivity index (χ0) is 14.4. The maximum absolute atomic E-state index is 11.8. The monoisotopic (exact) mass is 277 g/mol. The van der Waals surface area contributed by atoms with Gasteiger partial charge >= 0.3 is 0 Å². The van der Waals surface area contributed by atoms with E-state index < -0.39 is 6.10 Å². The first-order valence-electron chi connectivity index (χ1n) is 7.13. The first-order valence-corrected chi connectivity index (χ1v) is 7.13. The highest BCUT2D eigenvalue weighted by Gasteiger charge is 2.16. The van der Waals surface area contributed by atoms with Gasteiger partial charge in [-0.05, 0) is 43.5 Å². The van der Waals surface area contributed by atoms with Crippen LogP contribution in [-0.4, -0.2) is 38.8 Å². The highest BCUT2D eigenvalue weighted by molar-refractivity contribution is 5.94. The second kappa shape index (κ2) is 7.26. The summed E-state index contributed by atoms with van der Waals surface area (Å²) in [6.45, 7) is 2.41. The van der Waals surface area contributed by atoms with Crippen LogP contribution in [0.1, 0.15) is 19.3 Å². The summed E-state index contributed by atoms with van der Waals surface area (Å²) in [7, 11) is 1.48. The number of amides is 1. The Morgan fingerprint density at radius 1 is 1.30 bits per heavy atom. The number of rotatable bonds is 5. The van der Waals surface area contributed by atoms with Gasteiger partial charge in [-0.15, -0.1) is 0 Å². The molecule has 1 amide bonds. The molecule has 1 aliphatic rings. The standard InChI is InChI=1S/C15H23N3O2/c1-20-14(11-16)15(19)17-12-5-7-13(8-6-12)18-9-3-2-4-10-18/h5-8,14H,2-4,9-11,16H2,1H3,(H,17,19). The fraction of sp³-hybridized carbons (Fsp3) is 0.533. The Bertz CT molecular complexity index is 423. The van der Waals surface area contributed by atoms with Crippen LogP contribution in [0, 0.1) is 0 Å². The van der Waals surface area contributed by atoms with Crippen LogP contribution in [0.2, 0.25) is 0 Å². The minimum Gasteiger partial charge on any atom is -0.372 e. The smallest absolute Gasteiger partial charge is 0.254 e. The second-order valence-corrected chi connectivity index (χ2v) is 5.04. The zero-order valence-corrected chi connectivity index (χ0v) is 12.0. The van der Waals surface area contributed by atoms with E-state index >= 15 is 0 Å². The molecule has 0 spiro atoms. The Morgan fingerprint density at radius 3 is 2.50 bits per heavy atom. The fourth-order valence-electron chi connectivity index (χ4n) is 2.44. The maximum atomic E-state index is 11.8. The van der Waals surface area contributed by atoms with E-state index in [4.69, 9.17) is 10.5 Å². The van der Waals surface area contributed by atoms with E-state index in [0.717, 1.165) is 18.8 Å². The molecule has 0 saturated carbocycles. The molecule has 0 bridgehead atoms. The van der Waals surface area contributed by atoms with E-state index in [1.807, 2.05) is 24.3 Å². The Kier molecular flexibility index (Phi) is 5.38. The van der Waals surface area contributed by atoms with Crippen molar-refractivity contribution in [2.45, 2.75) is 25.4 Å². The Labute approximate surface area is 120 Å². The van der Waals surface area contributed by atoms with Gasteiger partial charge in [0.25, 0.3) is 5.91 Å². The SMILES string of the molecule is COC(CN)C(=O)Nc1ccc(N2CCCCC2)cc1. The van der Waals surface area contributed by atoms with Gasteiger partial charge in [-0.2, -0.15) is 0 Å². The molecule has 1 atom stereocenters. The summed E-state index contributed by atoms with van der Waals surface area (Å²) in [5, 5.41) is 2.81. The van der Waals surface area contributed by atoms with E-state index in [1.165, 1.54) is 32.1 Å². The van der Waals surface area contributed by atoms with E-state index in [0.29, 0.717) is 0 Å². The number of nitrogens with one attached hydrogen (secondary N) is 1. The van der Waals surface area contributed by atoms with Crippen molar-refractivity contribution < 1.29 is 9.53 Å². The van der Waals surface area contributed by atoms with Crippen LogP contribution in [0.3, 0.4) is 0 Å². The van der Waals surface area contributed by atoms with Crippen molar-refractivity contribution >= 4 is 17.3 Å². The molecule has 1 aliphatic heterocycles. The fourth-order valence-corrected chi connectivity index (χ4v) is 2.44. The average molecular weight is 277 g/mol. The number of hydrogen-bond donors (Lipinski definition) is 2. The number of methoxy groups -OCH3 is 1. The number of benzene rings is 1. The summed E-state index contributed by atoms with van der Waals surface area (Å²) in [4.78, 5) is 14.2. The third-order valence-corrected chi connectivity index (χ3v) is 3.65. The lowest BCUT2D eigenvalue weighted by atomic mass is 10.1. The molecule has 0 aromatic heterocycles. The topological polar surface area (TPSA) is 67.6 Å². The highest BCUT2D eigenvalue weighted by atomic mass is 16.5. The zero-order valence-electron chi connectivity index (χ0n) is 12.0. The first kappa shape index (κ1) is 14.8. The van der Waals surface area contributed by atoms with E-state index in [9.17, 15) is 4.79 Å². The summed E-state index contributed by atoms with van der Waals surface area (Å²) in [5.41, 5.74) is 7.45. The van der Waals surface area contributed by atoms with Gasteiger partial charge < -0.3 is 20.7 Å². The van der Waals surface area contributed by atoms with E-state index in [1.54, 1.807) is 0 Å². The molecule has 1 aromatic carbocycles. The van der Waals surface area contributed by atoms with E-state index in [2.05, 4.69) is 10.2 Å². The van der Waals surface area contributed by atoms with Crippen LogP contribution in [0.4, 0.5) is 11.4 Å². The van der Waals surface area contributed by atoms with Crippen LogP contribution in [-0.2, 0) is 9.53 Å². The van der Waals surface area contributed by atoms with E-state index in [-0.39, 0.29) is 12.5 Å². The van der Waals surface area contributed by atoms with Crippen molar-refractivity contribution in [1.82, 2.24) is 0 Å². The lowest BCUT2D eigenvalue weighted by Crippen LogP contribution is -2.35. The maximum Gasteiger partial charge on any atom is 0.254 e. The molecular formula is C15H23N3O2. The minimum absolute atomic E-state index is 0.175. The van der Waals surface area contributed by atoms with Crippen molar-refractivity contribution in [1.29, 1.82) is 0 Å². The first-order chi connectivity index (χ1) is 9.74. The van der Waals surface area contributed by atoms with Gasteiger partial charge in [0.2, 0.25) is 0 Å². The van der Waals surface area contributed by atoms with Crippen LogP contribution in [0.5, 0.6) is 0 Å². The molecule has 1 fully saturated rings. The molecule has 3 N–H and O–H groups in total. The molecule has 5 heteroatoms. The van der Waals surface area contributed by atoms with Crippen LogP contribution >= 0.6 is 0 Å². The number of piperidine rings is 1. The molecule has 20 heavy (non-hydrogen) atoms. The predicted molar refractivity (Wildman–Crippen MR) is 81.0 cm³/mol. The van der Waals surface area contributed by atoms with Crippen LogP contribution in [0.25, 0.3) is 0 Å². The van der Waals surface area contributed by atoms with Gasteiger partial charge in [-0.3, -0.25) is 4.79 Å². The predicted octanol–water partition coefficient (Wildman–Crippen LogP) is 1.59. The Hall–Kier alpha value is -1.59. The number of anilines is 2. The number of ether oxygens (including phenoxy) is 1. The lowest BCUT2D eigenvalue weighted by molar-refractivity contribution is -0.125. The Morgan fingerprint density at radius 2 is 1.95 bits per heavy atom. The van der Waals surface area contributed by atoms with Gasteiger partial charge in [0.15, 0.2) is 0 Å². The highest BCUT2D eigenvalue weighted by Crippen LogP contribution is 2.21. The van der Waals surface area contributed by atoms with Crippen molar-refractivity contribution in [3.8, 4) is 0 Å².